The number of methoxy groups -OCH3 is 2. The van der Waals surface area contributed by atoms with Crippen molar-refractivity contribution in [3.05, 3.63) is 60.0 Å². The smallest absolute Gasteiger partial charge is 0.231 e. The van der Waals surface area contributed by atoms with E-state index in [4.69, 9.17) is 19.7 Å². The molecule has 0 fully saturated rings. The fraction of sp³-hybridized carbons (Fsp3) is 0.263. The summed E-state index contributed by atoms with van der Waals surface area (Å²) in [7, 11) is 3.18. The van der Waals surface area contributed by atoms with Crippen LogP contribution in [0.1, 0.15) is 30.3 Å². The molecule has 6 nitrogen and oxygen atoms in total. The van der Waals surface area contributed by atoms with Gasteiger partial charge in [0.05, 0.1) is 20.1 Å². The second-order valence-electron chi connectivity index (χ2n) is 5.75. The Morgan fingerprint density at radius 3 is 2.40 bits per heavy atom. The highest BCUT2D eigenvalue weighted by Gasteiger charge is 2.23. The first-order valence-corrected chi connectivity index (χ1v) is 8.00. The van der Waals surface area contributed by atoms with Gasteiger partial charge in [-0.05, 0) is 23.8 Å². The zero-order valence-electron chi connectivity index (χ0n) is 14.5. The molecule has 130 valence electrons. The second kappa shape index (κ2) is 7.36. The SMILES string of the molecule is COc1ccc(-c2noc(C(C)C(N)c3ccccc3)n2)cc1OC. The predicted molar refractivity (Wildman–Crippen MR) is 94.6 cm³/mol. The number of benzene rings is 2. The molecule has 0 aliphatic heterocycles. The maximum Gasteiger partial charge on any atom is 0.231 e. The summed E-state index contributed by atoms with van der Waals surface area (Å²) in [5.41, 5.74) is 8.15. The fourth-order valence-corrected chi connectivity index (χ4v) is 2.63. The highest BCUT2D eigenvalue weighted by atomic mass is 16.5. The summed E-state index contributed by atoms with van der Waals surface area (Å²) in [6.45, 7) is 1.98. The van der Waals surface area contributed by atoms with Crippen LogP contribution < -0.4 is 15.2 Å². The number of hydrogen-bond donors (Lipinski definition) is 1. The molecule has 1 aromatic heterocycles. The van der Waals surface area contributed by atoms with Gasteiger partial charge < -0.3 is 19.7 Å². The van der Waals surface area contributed by atoms with Crippen molar-refractivity contribution in [3.8, 4) is 22.9 Å². The lowest BCUT2D eigenvalue weighted by atomic mass is 9.95. The van der Waals surface area contributed by atoms with Crippen molar-refractivity contribution in [2.24, 2.45) is 5.73 Å². The topological polar surface area (TPSA) is 83.4 Å². The third kappa shape index (κ3) is 3.49. The van der Waals surface area contributed by atoms with Crippen molar-refractivity contribution in [2.45, 2.75) is 18.9 Å². The van der Waals surface area contributed by atoms with Gasteiger partial charge in [-0.25, -0.2) is 0 Å². The Bertz CT molecular complexity index is 833. The van der Waals surface area contributed by atoms with Crippen molar-refractivity contribution in [3.63, 3.8) is 0 Å². The van der Waals surface area contributed by atoms with Gasteiger partial charge in [-0.15, -0.1) is 0 Å². The monoisotopic (exact) mass is 339 g/mol. The van der Waals surface area contributed by atoms with Gasteiger partial charge in [0.2, 0.25) is 11.7 Å². The summed E-state index contributed by atoms with van der Waals surface area (Å²) >= 11 is 0. The zero-order valence-corrected chi connectivity index (χ0v) is 14.5. The molecule has 0 aliphatic rings. The van der Waals surface area contributed by atoms with Gasteiger partial charge in [-0.2, -0.15) is 4.98 Å². The quantitative estimate of drug-likeness (QED) is 0.739. The second-order valence-corrected chi connectivity index (χ2v) is 5.75. The molecule has 0 spiro atoms. The molecular weight excluding hydrogens is 318 g/mol. The van der Waals surface area contributed by atoms with E-state index in [1.165, 1.54) is 0 Å². The molecular formula is C19H21N3O3. The molecule has 1 heterocycles. The number of rotatable bonds is 6. The van der Waals surface area contributed by atoms with Crippen LogP contribution in [0.5, 0.6) is 11.5 Å². The van der Waals surface area contributed by atoms with Gasteiger partial charge in [0, 0.05) is 11.6 Å². The first kappa shape index (κ1) is 17.0. The molecule has 0 saturated heterocycles. The predicted octanol–water partition coefficient (Wildman–Crippen LogP) is 3.56. The molecule has 6 heteroatoms. The maximum atomic E-state index is 6.34. The molecule has 0 saturated carbocycles. The summed E-state index contributed by atoms with van der Waals surface area (Å²) in [6, 6.07) is 15.1. The van der Waals surface area contributed by atoms with Crippen molar-refractivity contribution < 1.29 is 14.0 Å². The van der Waals surface area contributed by atoms with Crippen molar-refractivity contribution in [1.82, 2.24) is 10.1 Å². The van der Waals surface area contributed by atoms with Gasteiger partial charge in [0.1, 0.15) is 0 Å². The molecule has 2 aromatic carbocycles. The van der Waals surface area contributed by atoms with Crippen molar-refractivity contribution in [2.75, 3.05) is 14.2 Å². The summed E-state index contributed by atoms with van der Waals surface area (Å²) in [5, 5.41) is 4.08. The Balaban J connectivity index is 1.85. The van der Waals surface area contributed by atoms with Crippen LogP contribution in [0.25, 0.3) is 11.4 Å². The Labute approximate surface area is 146 Å². The van der Waals surface area contributed by atoms with Crippen LogP contribution >= 0.6 is 0 Å². The third-order valence-corrected chi connectivity index (χ3v) is 4.20. The summed E-state index contributed by atoms with van der Waals surface area (Å²) in [6.07, 6.45) is 0. The van der Waals surface area contributed by atoms with Crippen LogP contribution in [0.15, 0.2) is 53.1 Å². The minimum Gasteiger partial charge on any atom is -0.493 e. The maximum absolute atomic E-state index is 6.34. The van der Waals surface area contributed by atoms with E-state index in [0.717, 1.165) is 11.1 Å². The third-order valence-electron chi connectivity index (χ3n) is 4.20. The average Bonchev–Trinajstić information content (AvgIpc) is 3.17. The lowest BCUT2D eigenvalue weighted by molar-refractivity contribution is 0.343. The van der Waals surface area contributed by atoms with E-state index in [1.807, 2.05) is 55.5 Å². The number of nitrogens with two attached hydrogens (primary N) is 1. The van der Waals surface area contributed by atoms with E-state index >= 15 is 0 Å². The molecule has 3 aromatic rings. The Morgan fingerprint density at radius 2 is 1.72 bits per heavy atom. The van der Waals surface area contributed by atoms with Gasteiger partial charge in [0.15, 0.2) is 11.5 Å². The lowest BCUT2D eigenvalue weighted by Gasteiger charge is -2.16. The van der Waals surface area contributed by atoms with E-state index < -0.39 is 0 Å². The standard InChI is InChI=1S/C19H21N3O3/c1-12(17(20)13-7-5-4-6-8-13)19-21-18(22-25-19)14-9-10-15(23-2)16(11-14)24-3/h4-12,17H,20H2,1-3H3. The van der Waals surface area contributed by atoms with Crippen LogP contribution in [0.2, 0.25) is 0 Å². The minimum absolute atomic E-state index is 0.108. The van der Waals surface area contributed by atoms with Crippen LogP contribution in [0.3, 0.4) is 0 Å². The Kier molecular flexibility index (Phi) is 5.00. The van der Waals surface area contributed by atoms with Crippen LogP contribution in [0.4, 0.5) is 0 Å². The van der Waals surface area contributed by atoms with Gasteiger partial charge in [-0.3, -0.25) is 0 Å². The van der Waals surface area contributed by atoms with E-state index in [0.29, 0.717) is 23.2 Å². The Morgan fingerprint density at radius 1 is 1.00 bits per heavy atom. The summed E-state index contributed by atoms with van der Waals surface area (Å²) in [4.78, 5) is 4.50. The molecule has 2 unspecified atom stereocenters. The normalized spacial score (nSPS) is 13.3. The van der Waals surface area contributed by atoms with E-state index in [1.54, 1.807) is 14.2 Å². The number of nitrogens with zero attached hydrogens (tertiary/aromatic N) is 2. The van der Waals surface area contributed by atoms with Gasteiger partial charge in [0.25, 0.3) is 0 Å². The van der Waals surface area contributed by atoms with Crippen LogP contribution in [0, 0.1) is 0 Å². The molecule has 2 N–H and O–H groups in total. The lowest BCUT2D eigenvalue weighted by Crippen LogP contribution is -2.17. The zero-order chi connectivity index (χ0) is 17.8. The fourth-order valence-electron chi connectivity index (χ4n) is 2.63. The van der Waals surface area contributed by atoms with Crippen LogP contribution in [-0.4, -0.2) is 24.4 Å². The first-order chi connectivity index (χ1) is 12.1. The number of hydrogen-bond acceptors (Lipinski definition) is 6. The molecule has 0 aliphatic carbocycles. The Hall–Kier alpha value is -2.86. The van der Waals surface area contributed by atoms with Gasteiger partial charge in [-0.1, -0.05) is 42.4 Å². The highest BCUT2D eigenvalue weighted by Crippen LogP contribution is 2.33. The molecule has 3 rings (SSSR count). The van der Waals surface area contributed by atoms with Crippen molar-refractivity contribution >= 4 is 0 Å². The van der Waals surface area contributed by atoms with Gasteiger partial charge >= 0.3 is 0 Å². The first-order valence-electron chi connectivity index (χ1n) is 8.00. The highest BCUT2D eigenvalue weighted by molar-refractivity contribution is 5.60. The summed E-state index contributed by atoms with van der Waals surface area (Å²) < 4.78 is 16.0. The van der Waals surface area contributed by atoms with Crippen LogP contribution in [-0.2, 0) is 0 Å². The number of ether oxygens (including phenoxy) is 2. The number of aromatic nitrogens is 2. The molecule has 0 radical (unpaired) electrons. The minimum atomic E-state index is -0.222. The summed E-state index contributed by atoms with van der Waals surface area (Å²) in [5.74, 6) is 2.14. The van der Waals surface area contributed by atoms with E-state index in [9.17, 15) is 0 Å². The van der Waals surface area contributed by atoms with Crippen molar-refractivity contribution in [1.29, 1.82) is 0 Å². The molecule has 2 atom stereocenters. The molecule has 0 bridgehead atoms. The largest absolute Gasteiger partial charge is 0.493 e. The average molecular weight is 339 g/mol. The van der Waals surface area contributed by atoms with E-state index in [-0.39, 0.29) is 12.0 Å². The molecule has 0 amide bonds. The molecule has 25 heavy (non-hydrogen) atoms. The van der Waals surface area contributed by atoms with E-state index in [2.05, 4.69) is 10.1 Å².